The van der Waals surface area contributed by atoms with Gasteiger partial charge in [-0.15, -0.1) is 0 Å². The molecule has 104 valence electrons. The highest BCUT2D eigenvalue weighted by Crippen LogP contribution is 2.13. The Morgan fingerprint density at radius 1 is 1.25 bits per heavy atom. The number of hydrogen-bond donors (Lipinski definition) is 2. The van der Waals surface area contributed by atoms with Crippen molar-refractivity contribution in [2.24, 2.45) is 0 Å². The van der Waals surface area contributed by atoms with E-state index in [-0.39, 0.29) is 11.6 Å². The van der Waals surface area contributed by atoms with Crippen LogP contribution in [-0.2, 0) is 6.42 Å². The molecule has 3 nitrogen and oxygen atoms in total. The quantitative estimate of drug-likeness (QED) is 0.841. The largest absolute Gasteiger partial charge is 0.398 e. The molecule has 0 spiro atoms. The van der Waals surface area contributed by atoms with E-state index in [1.807, 2.05) is 31.2 Å². The van der Waals surface area contributed by atoms with Crippen LogP contribution in [0.15, 0.2) is 42.5 Å². The van der Waals surface area contributed by atoms with Crippen molar-refractivity contribution in [3.8, 4) is 0 Å². The van der Waals surface area contributed by atoms with Crippen molar-refractivity contribution in [1.82, 2.24) is 5.32 Å². The summed E-state index contributed by atoms with van der Waals surface area (Å²) >= 11 is 0. The van der Waals surface area contributed by atoms with Crippen molar-refractivity contribution >= 4 is 11.6 Å². The molecule has 2 aromatic carbocycles. The lowest BCUT2D eigenvalue weighted by Crippen LogP contribution is -2.26. The van der Waals surface area contributed by atoms with Crippen LogP contribution in [-0.4, -0.2) is 12.5 Å². The van der Waals surface area contributed by atoms with Gasteiger partial charge in [0.2, 0.25) is 0 Å². The van der Waals surface area contributed by atoms with Gasteiger partial charge in [0.05, 0.1) is 5.56 Å². The summed E-state index contributed by atoms with van der Waals surface area (Å²) < 4.78 is 12.9. The summed E-state index contributed by atoms with van der Waals surface area (Å²) in [5.74, 6) is -0.727. The normalized spacial score (nSPS) is 10.3. The molecular weight excluding hydrogens is 255 g/mol. The summed E-state index contributed by atoms with van der Waals surface area (Å²) in [5, 5.41) is 2.79. The number of nitrogens with one attached hydrogen (secondary N) is 1. The van der Waals surface area contributed by atoms with Gasteiger partial charge in [0.1, 0.15) is 5.82 Å². The Balaban J connectivity index is 1.94. The van der Waals surface area contributed by atoms with E-state index in [0.717, 1.165) is 12.5 Å². The highest BCUT2D eigenvalue weighted by atomic mass is 19.1. The molecule has 1 amide bonds. The number of rotatable bonds is 4. The summed E-state index contributed by atoms with van der Waals surface area (Å²) in [6.45, 7) is 2.55. The molecule has 4 heteroatoms. The average Bonchev–Trinajstić information content (AvgIpc) is 2.40. The van der Waals surface area contributed by atoms with E-state index in [9.17, 15) is 9.18 Å². The second-order valence-electron chi connectivity index (χ2n) is 4.66. The van der Waals surface area contributed by atoms with Crippen LogP contribution in [0.1, 0.15) is 21.5 Å². The summed E-state index contributed by atoms with van der Waals surface area (Å²) in [5.41, 5.74) is 8.47. The monoisotopic (exact) mass is 272 g/mol. The molecule has 20 heavy (non-hydrogen) atoms. The van der Waals surface area contributed by atoms with Gasteiger partial charge in [-0.25, -0.2) is 4.39 Å². The minimum atomic E-state index is -0.445. The molecule has 0 bridgehead atoms. The fourth-order valence-corrected chi connectivity index (χ4v) is 2.04. The van der Waals surface area contributed by atoms with Gasteiger partial charge < -0.3 is 11.1 Å². The molecule has 2 rings (SSSR count). The average molecular weight is 272 g/mol. The number of hydrogen-bond acceptors (Lipinski definition) is 2. The fourth-order valence-electron chi connectivity index (χ4n) is 2.04. The van der Waals surface area contributed by atoms with Gasteiger partial charge in [-0.1, -0.05) is 24.3 Å². The zero-order chi connectivity index (χ0) is 14.5. The van der Waals surface area contributed by atoms with Crippen LogP contribution in [0.2, 0.25) is 0 Å². The van der Waals surface area contributed by atoms with Gasteiger partial charge in [-0.05, 0) is 42.7 Å². The van der Waals surface area contributed by atoms with Gasteiger partial charge >= 0.3 is 0 Å². The predicted molar refractivity (Wildman–Crippen MR) is 78.0 cm³/mol. The van der Waals surface area contributed by atoms with Gasteiger partial charge in [0, 0.05) is 12.2 Å². The molecule has 0 heterocycles. The molecule has 0 saturated carbocycles. The first-order valence-corrected chi connectivity index (χ1v) is 6.45. The molecule has 0 unspecified atom stereocenters. The van der Waals surface area contributed by atoms with Gasteiger partial charge in [0.15, 0.2) is 0 Å². The lowest BCUT2D eigenvalue weighted by Gasteiger charge is -2.09. The third-order valence-corrected chi connectivity index (χ3v) is 3.20. The zero-order valence-corrected chi connectivity index (χ0v) is 11.3. The number of halogens is 1. The lowest BCUT2D eigenvalue weighted by atomic mass is 10.1. The number of carbonyl (C=O) groups is 1. The first-order chi connectivity index (χ1) is 9.58. The molecule has 0 aliphatic heterocycles. The third kappa shape index (κ3) is 3.35. The molecule has 3 N–H and O–H groups in total. The Bertz CT molecular complexity index is 626. The second kappa shape index (κ2) is 6.19. The van der Waals surface area contributed by atoms with Crippen molar-refractivity contribution in [3.05, 3.63) is 65.0 Å². The van der Waals surface area contributed by atoms with E-state index in [1.165, 1.54) is 23.3 Å². The molecule has 0 atom stereocenters. The van der Waals surface area contributed by atoms with Crippen molar-refractivity contribution in [2.45, 2.75) is 13.3 Å². The minimum Gasteiger partial charge on any atom is -0.398 e. The van der Waals surface area contributed by atoms with Crippen LogP contribution >= 0.6 is 0 Å². The Hall–Kier alpha value is -2.36. The number of benzene rings is 2. The molecule has 0 aliphatic rings. The van der Waals surface area contributed by atoms with Crippen molar-refractivity contribution < 1.29 is 9.18 Å². The van der Waals surface area contributed by atoms with Crippen LogP contribution in [0, 0.1) is 12.7 Å². The van der Waals surface area contributed by atoms with E-state index >= 15 is 0 Å². The second-order valence-corrected chi connectivity index (χ2v) is 4.66. The van der Waals surface area contributed by atoms with Crippen LogP contribution in [0.5, 0.6) is 0 Å². The molecule has 0 aromatic heterocycles. The maximum atomic E-state index is 12.9. The maximum Gasteiger partial charge on any atom is 0.253 e. The van der Waals surface area contributed by atoms with Crippen molar-refractivity contribution in [1.29, 1.82) is 0 Å². The van der Waals surface area contributed by atoms with Crippen molar-refractivity contribution in [3.63, 3.8) is 0 Å². The highest BCUT2D eigenvalue weighted by Gasteiger charge is 2.09. The predicted octanol–water partition coefficient (Wildman–Crippen LogP) is 2.69. The molecule has 0 saturated heterocycles. The van der Waals surface area contributed by atoms with Gasteiger partial charge in [-0.3, -0.25) is 4.79 Å². The number of aryl methyl sites for hydroxylation is 1. The van der Waals surface area contributed by atoms with E-state index < -0.39 is 5.82 Å². The van der Waals surface area contributed by atoms with E-state index in [4.69, 9.17) is 5.73 Å². The number of amides is 1. The van der Waals surface area contributed by atoms with Crippen LogP contribution in [0.4, 0.5) is 10.1 Å². The van der Waals surface area contributed by atoms with Gasteiger partial charge in [-0.2, -0.15) is 0 Å². The Labute approximate surface area is 117 Å². The molecule has 0 fully saturated rings. The number of nitrogen functional groups attached to an aromatic ring is 1. The summed E-state index contributed by atoms with van der Waals surface area (Å²) in [6.07, 6.45) is 0.750. The van der Waals surface area contributed by atoms with Crippen LogP contribution in [0.3, 0.4) is 0 Å². The van der Waals surface area contributed by atoms with Crippen LogP contribution < -0.4 is 11.1 Å². The number of nitrogens with two attached hydrogens (primary N) is 1. The minimum absolute atomic E-state index is 0.151. The lowest BCUT2D eigenvalue weighted by molar-refractivity contribution is 0.0955. The SMILES string of the molecule is Cc1ccccc1CCNC(=O)c1ccc(F)cc1N. The molecule has 0 radical (unpaired) electrons. The van der Waals surface area contributed by atoms with Crippen LogP contribution in [0.25, 0.3) is 0 Å². The van der Waals surface area contributed by atoms with E-state index in [1.54, 1.807) is 0 Å². The Kier molecular flexibility index (Phi) is 4.35. The van der Waals surface area contributed by atoms with Gasteiger partial charge in [0.25, 0.3) is 5.91 Å². The molecule has 2 aromatic rings. The summed E-state index contributed by atoms with van der Waals surface area (Å²) in [7, 11) is 0. The summed E-state index contributed by atoms with van der Waals surface area (Å²) in [4.78, 5) is 11.9. The fraction of sp³-hybridized carbons (Fsp3) is 0.188. The Morgan fingerprint density at radius 2 is 2.00 bits per heavy atom. The Morgan fingerprint density at radius 3 is 2.70 bits per heavy atom. The van der Waals surface area contributed by atoms with E-state index in [2.05, 4.69) is 5.32 Å². The first kappa shape index (κ1) is 14.1. The molecule has 0 aliphatic carbocycles. The highest BCUT2D eigenvalue weighted by molar-refractivity contribution is 5.99. The zero-order valence-electron chi connectivity index (χ0n) is 11.3. The standard InChI is InChI=1S/C16H17FN2O/c1-11-4-2-3-5-12(11)8-9-19-16(20)14-7-6-13(17)10-15(14)18/h2-7,10H,8-9,18H2,1H3,(H,19,20). The number of anilines is 1. The topological polar surface area (TPSA) is 55.1 Å². The third-order valence-electron chi connectivity index (χ3n) is 3.20. The first-order valence-electron chi connectivity index (χ1n) is 6.45. The smallest absolute Gasteiger partial charge is 0.253 e. The molecular formula is C16H17FN2O. The van der Waals surface area contributed by atoms with Crippen molar-refractivity contribution in [2.75, 3.05) is 12.3 Å². The van der Waals surface area contributed by atoms with E-state index in [0.29, 0.717) is 12.1 Å². The number of carbonyl (C=O) groups excluding carboxylic acids is 1. The maximum absolute atomic E-state index is 12.9. The summed E-state index contributed by atoms with van der Waals surface area (Å²) in [6, 6.07) is 11.8.